The monoisotopic (exact) mass is 820 g/mol. The summed E-state index contributed by atoms with van der Waals surface area (Å²) in [6, 6.07) is 28.2. The van der Waals surface area contributed by atoms with E-state index in [2.05, 4.69) is 0 Å². The molecule has 0 unspecified atom stereocenters. The molecule has 0 amide bonds. The molecule has 0 aromatic heterocycles. The molecule has 0 spiro atoms. The summed E-state index contributed by atoms with van der Waals surface area (Å²) in [6.07, 6.45) is 2.55. The molecule has 1 aliphatic carbocycles. The minimum absolute atomic E-state index is 0.0251. The van der Waals surface area contributed by atoms with Crippen LogP contribution >= 0.6 is 0 Å². The second-order valence-electron chi connectivity index (χ2n) is 18.3. The van der Waals surface area contributed by atoms with Crippen LogP contribution in [-0.2, 0) is 15.1 Å². The summed E-state index contributed by atoms with van der Waals surface area (Å²) in [7, 11) is 1.66. The predicted molar refractivity (Wildman–Crippen MR) is 229 cm³/mol. The molecule has 10 nitrogen and oxygen atoms in total. The van der Waals surface area contributed by atoms with Gasteiger partial charge in [-0.2, -0.15) is 0 Å². The van der Waals surface area contributed by atoms with Crippen LogP contribution in [-0.4, -0.2) is 79.7 Å². The van der Waals surface area contributed by atoms with E-state index in [1.807, 2.05) is 48.5 Å². The Morgan fingerprint density at radius 3 is 1.05 bits per heavy atom. The number of ketones is 4. The minimum atomic E-state index is -1.54. The maximum atomic E-state index is 12.9. The number of hydrogen-bond acceptors (Lipinski definition) is 10. The first kappa shape index (κ1) is 46.4. The number of aliphatic hydroxyl groups is 4. The van der Waals surface area contributed by atoms with Gasteiger partial charge in [0, 0.05) is 29.4 Å². The van der Waals surface area contributed by atoms with E-state index in [1.54, 1.807) is 55.6 Å². The standard InChI is InChI=1S/C50H60O10/c1-46(2,55)42(51)34-16-12-32(13-17-34)41(33-14-18-35(19-15-33)43(52)47(3,4)56)60-30-31-10-24-38(25-11-31)50(59-9,39-26-20-36(21-27-39)44(53)48(5,6)57)40-28-22-37(23-29-40)45(54)49(7,8)58/h12-23,26-29,31,38,41,55-58H,10-11,24-25,30H2,1-9H3. The fraction of sp³-hybridized carbons (Fsp3) is 0.440. The quantitative estimate of drug-likeness (QED) is 0.0767. The summed E-state index contributed by atoms with van der Waals surface area (Å²) in [5.74, 6) is -1.46. The first-order valence-electron chi connectivity index (χ1n) is 20.5. The van der Waals surface area contributed by atoms with Gasteiger partial charge in [-0.15, -0.1) is 0 Å². The summed E-state index contributed by atoms with van der Waals surface area (Å²) in [5.41, 5.74) is -2.42. The number of carbonyl (C=O) groups excluding carboxylic acids is 4. The Bertz CT molecular complexity index is 1990. The van der Waals surface area contributed by atoms with Crippen LogP contribution in [0.2, 0.25) is 0 Å². The lowest BCUT2D eigenvalue weighted by atomic mass is 9.67. The second-order valence-corrected chi connectivity index (χ2v) is 18.3. The Hall–Kier alpha value is -4.68. The average Bonchev–Trinajstić information content (AvgIpc) is 3.20. The molecule has 320 valence electrons. The fourth-order valence-corrected chi connectivity index (χ4v) is 8.16. The van der Waals surface area contributed by atoms with Gasteiger partial charge in [-0.05, 0) is 115 Å². The maximum absolute atomic E-state index is 12.9. The molecule has 0 bridgehead atoms. The van der Waals surface area contributed by atoms with Crippen LogP contribution in [0.25, 0.3) is 0 Å². The van der Waals surface area contributed by atoms with Gasteiger partial charge in [0.1, 0.15) is 34.1 Å². The highest BCUT2D eigenvalue weighted by Gasteiger charge is 2.44. The molecule has 0 aliphatic heterocycles. The largest absolute Gasteiger partial charge is 0.382 e. The molecule has 1 aliphatic rings. The van der Waals surface area contributed by atoms with Gasteiger partial charge in [0.05, 0.1) is 6.61 Å². The molecular formula is C50H60O10. The van der Waals surface area contributed by atoms with Crippen molar-refractivity contribution in [3.63, 3.8) is 0 Å². The first-order valence-corrected chi connectivity index (χ1v) is 20.5. The van der Waals surface area contributed by atoms with Crippen molar-refractivity contribution in [1.29, 1.82) is 0 Å². The Balaban J connectivity index is 1.42. The SMILES string of the molecule is COC(c1ccc(C(=O)C(C)(C)O)cc1)(c1ccc(C(=O)C(C)(C)O)cc1)C1CCC(COC(c2ccc(C(=O)C(C)(C)O)cc2)c2ccc(C(=O)C(C)(C)O)cc2)CC1. The van der Waals surface area contributed by atoms with E-state index in [0.717, 1.165) is 47.9 Å². The number of benzene rings is 4. The lowest BCUT2D eigenvalue weighted by molar-refractivity contribution is -0.0534. The van der Waals surface area contributed by atoms with Gasteiger partial charge in [0.25, 0.3) is 0 Å². The highest BCUT2D eigenvalue weighted by molar-refractivity contribution is 6.03. The molecule has 4 aromatic carbocycles. The molecule has 4 aromatic rings. The molecule has 5 rings (SSSR count). The molecule has 0 heterocycles. The van der Waals surface area contributed by atoms with E-state index in [1.165, 1.54) is 55.4 Å². The van der Waals surface area contributed by atoms with Crippen molar-refractivity contribution in [2.75, 3.05) is 13.7 Å². The van der Waals surface area contributed by atoms with Gasteiger partial charge < -0.3 is 29.9 Å². The Labute approximate surface area is 353 Å². The Kier molecular flexibility index (Phi) is 13.7. The third-order valence-electron chi connectivity index (χ3n) is 11.6. The molecule has 1 saturated carbocycles. The molecular weight excluding hydrogens is 761 g/mol. The van der Waals surface area contributed by atoms with E-state index in [-0.39, 0.29) is 11.8 Å². The van der Waals surface area contributed by atoms with Crippen LogP contribution in [0.15, 0.2) is 97.1 Å². The van der Waals surface area contributed by atoms with Crippen molar-refractivity contribution >= 4 is 23.1 Å². The van der Waals surface area contributed by atoms with Crippen LogP contribution in [0.3, 0.4) is 0 Å². The molecule has 60 heavy (non-hydrogen) atoms. The van der Waals surface area contributed by atoms with E-state index < -0.39 is 57.2 Å². The van der Waals surface area contributed by atoms with Crippen molar-refractivity contribution in [3.05, 3.63) is 142 Å². The van der Waals surface area contributed by atoms with Crippen LogP contribution in [0.5, 0.6) is 0 Å². The van der Waals surface area contributed by atoms with Gasteiger partial charge in [-0.3, -0.25) is 19.2 Å². The first-order chi connectivity index (χ1) is 27.9. The molecule has 0 atom stereocenters. The zero-order valence-corrected chi connectivity index (χ0v) is 36.2. The summed E-state index contributed by atoms with van der Waals surface area (Å²) < 4.78 is 13.3. The summed E-state index contributed by atoms with van der Waals surface area (Å²) in [6.45, 7) is 12.0. The number of ether oxygens (including phenoxy) is 2. The summed E-state index contributed by atoms with van der Waals surface area (Å²) in [5, 5.41) is 41.4. The number of hydrogen-bond donors (Lipinski definition) is 4. The number of Topliss-reactive ketones (excluding diaryl/α,β-unsaturated/α-hetero) is 4. The summed E-state index contributed by atoms with van der Waals surface area (Å²) >= 11 is 0. The maximum Gasteiger partial charge on any atom is 0.193 e. The molecule has 0 saturated heterocycles. The molecule has 10 heteroatoms. The molecule has 0 radical (unpaired) electrons. The minimum Gasteiger partial charge on any atom is -0.382 e. The Morgan fingerprint density at radius 2 is 0.783 bits per heavy atom. The third-order valence-corrected chi connectivity index (χ3v) is 11.6. The smallest absolute Gasteiger partial charge is 0.193 e. The number of methoxy groups -OCH3 is 1. The Morgan fingerprint density at radius 1 is 0.500 bits per heavy atom. The van der Waals surface area contributed by atoms with Crippen molar-refractivity contribution in [1.82, 2.24) is 0 Å². The van der Waals surface area contributed by atoms with Gasteiger partial charge >= 0.3 is 0 Å². The van der Waals surface area contributed by atoms with Crippen LogP contribution in [0, 0.1) is 11.8 Å². The van der Waals surface area contributed by atoms with Crippen molar-refractivity contribution in [2.24, 2.45) is 11.8 Å². The average molecular weight is 821 g/mol. The highest BCUT2D eigenvalue weighted by Crippen LogP contribution is 2.48. The van der Waals surface area contributed by atoms with E-state index in [0.29, 0.717) is 28.9 Å². The van der Waals surface area contributed by atoms with E-state index >= 15 is 0 Å². The van der Waals surface area contributed by atoms with Gasteiger partial charge in [-0.1, -0.05) is 97.1 Å². The second kappa shape index (κ2) is 17.7. The van der Waals surface area contributed by atoms with Crippen molar-refractivity contribution in [2.45, 2.75) is 115 Å². The third kappa shape index (κ3) is 10.3. The van der Waals surface area contributed by atoms with E-state index in [4.69, 9.17) is 9.47 Å². The van der Waals surface area contributed by atoms with Gasteiger partial charge in [0.15, 0.2) is 23.1 Å². The van der Waals surface area contributed by atoms with Crippen molar-refractivity contribution in [3.8, 4) is 0 Å². The summed E-state index contributed by atoms with van der Waals surface area (Å²) in [4.78, 5) is 51.5. The van der Waals surface area contributed by atoms with Gasteiger partial charge in [0.2, 0.25) is 0 Å². The van der Waals surface area contributed by atoms with Crippen LogP contribution < -0.4 is 0 Å². The van der Waals surface area contributed by atoms with Crippen molar-refractivity contribution < 1.29 is 49.1 Å². The normalized spacial score (nSPS) is 16.8. The molecule has 4 N–H and O–H groups in total. The van der Waals surface area contributed by atoms with E-state index in [9.17, 15) is 39.6 Å². The number of rotatable bonds is 17. The predicted octanol–water partition coefficient (Wildman–Crippen LogP) is 8.00. The number of carbonyl (C=O) groups is 4. The van der Waals surface area contributed by atoms with Gasteiger partial charge in [-0.25, -0.2) is 0 Å². The van der Waals surface area contributed by atoms with Crippen LogP contribution in [0.4, 0.5) is 0 Å². The fourth-order valence-electron chi connectivity index (χ4n) is 8.16. The highest BCUT2D eigenvalue weighted by atomic mass is 16.5. The van der Waals surface area contributed by atoms with Crippen LogP contribution in [0.1, 0.15) is 151 Å². The lowest BCUT2D eigenvalue weighted by Gasteiger charge is -2.44. The zero-order chi connectivity index (χ0) is 44.4. The zero-order valence-electron chi connectivity index (χ0n) is 36.2. The lowest BCUT2D eigenvalue weighted by Crippen LogP contribution is -2.41. The molecule has 1 fully saturated rings. The topological polar surface area (TPSA) is 168 Å².